The summed E-state index contributed by atoms with van der Waals surface area (Å²) in [6, 6.07) is 10.1. The summed E-state index contributed by atoms with van der Waals surface area (Å²) in [5.41, 5.74) is 1.15. The molecule has 1 aliphatic heterocycles. The Balaban J connectivity index is 2.10. The van der Waals surface area contributed by atoms with Gasteiger partial charge in [0.1, 0.15) is 11.7 Å². The van der Waals surface area contributed by atoms with Gasteiger partial charge in [0.05, 0.1) is 0 Å². The molecule has 2 rings (SSSR count). The molecule has 1 saturated heterocycles. The minimum absolute atomic E-state index is 0.140. The maximum Gasteiger partial charge on any atom is 0.315 e. The van der Waals surface area contributed by atoms with E-state index in [0.717, 1.165) is 5.56 Å². The number of hydrogen-bond acceptors (Lipinski definition) is 3. The van der Waals surface area contributed by atoms with Crippen molar-refractivity contribution in [3.05, 3.63) is 35.9 Å². The van der Waals surface area contributed by atoms with Crippen LogP contribution in [0.25, 0.3) is 0 Å². The van der Waals surface area contributed by atoms with Gasteiger partial charge >= 0.3 is 5.97 Å². The van der Waals surface area contributed by atoms with E-state index in [2.05, 4.69) is 4.90 Å². The van der Waals surface area contributed by atoms with Gasteiger partial charge in [-0.2, -0.15) is 0 Å². The number of ketones is 1. The fourth-order valence-corrected chi connectivity index (χ4v) is 2.37. The number of rotatable bonds is 3. The van der Waals surface area contributed by atoms with Crippen LogP contribution in [-0.4, -0.2) is 34.8 Å². The number of piperidine rings is 1. The number of aliphatic carboxylic acids is 1. The van der Waals surface area contributed by atoms with E-state index in [0.29, 0.717) is 19.5 Å². The minimum atomic E-state index is -1.01. The molecule has 1 N–H and O–H groups in total. The summed E-state index contributed by atoms with van der Waals surface area (Å²) in [4.78, 5) is 24.6. The third kappa shape index (κ3) is 2.59. The summed E-state index contributed by atoms with van der Waals surface area (Å²) in [5.74, 6) is -2.03. The Morgan fingerprint density at radius 2 is 2.06 bits per heavy atom. The lowest BCUT2D eigenvalue weighted by molar-refractivity contribution is -0.149. The molecule has 18 heavy (non-hydrogen) atoms. The van der Waals surface area contributed by atoms with Crippen LogP contribution in [0.5, 0.6) is 0 Å². The van der Waals surface area contributed by atoms with Crippen molar-refractivity contribution in [1.29, 1.82) is 0 Å². The van der Waals surface area contributed by atoms with E-state index in [1.54, 1.807) is 0 Å². The molecular weight excluding hydrogens is 230 g/mol. The van der Waals surface area contributed by atoms with Gasteiger partial charge in [-0.15, -0.1) is 0 Å². The highest BCUT2D eigenvalue weighted by Gasteiger charge is 2.34. The largest absolute Gasteiger partial charge is 0.481 e. The van der Waals surface area contributed by atoms with Crippen molar-refractivity contribution in [3.63, 3.8) is 0 Å². The second kappa shape index (κ2) is 5.31. The Morgan fingerprint density at radius 3 is 2.67 bits per heavy atom. The third-order valence-corrected chi connectivity index (χ3v) is 3.58. The Bertz CT molecular complexity index is 444. The summed E-state index contributed by atoms with van der Waals surface area (Å²) >= 11 is 0. The Kier molecular flexibility index (Phi) is 3.77. The number of nitrogens with zero attached hydrogens (tertiary/aromatic N) is 1. The van der Waals surface area contributed by atoms with E-state index < -0.39 is 11.9 Å². The van der Waals surface area contributed by atoms with Crippen LogP contribution < -0.4 is 0 Å². The first-order chi connectivity index (χ1) is 8.59. The van der Waals surface area contributed by atoms with E-state index in [-0.39, 0.29) is 11.8 Å². The van der Waals surface area contributed by atoms with Crippen molar-refractivity contribution >= 4 is 11.8 Å². The average molecular weight is 247 g/mol. The molecule has 1 fully saturated rings. The van der Waals surface area contributed by atoms with Gasteiger partial charge < -0.3 is 5.11 Å². The highest BCUT2D eigenvalue weighted by atomic mass is 16.4. The zero-order chi connectivity index (χ0) is 13.1. The van der Waals surface area contributed by atoms with Crippen molar-refractivity contribution in [2.75, 3.05) is 13.1 Å². The number of Topliss-reactive ketones (excluding diaryl/α,β-unsaturated/α-hetero) is 1. The van der Waals surface area contributed by atoms with Gasteiger partial charge in [0.2, 0.25) is 0 Å². The fraction of sp³-hybridized carbons (Fsp3) is 0.429. The van der Waals surface area contributed by atoms with Crippen LogP contribution in [0.1, 0.15) is 24.9 Å². The van der Waals surface area contributed by atoms with E-state index in [9.17, 15) is 9.59 Å². The predicted octanol–water partition coefficient (Wildman–Crippen LogP) is 1.72. The van der Waals surface area contributed by atoms with Crippen molar-refractivity contribution in [2.45, 2.75) is 19.4 Å². The molecule has 1 aromatic rings. The van der Waals surface area contributed by atoms with Crippen molar-refractivity contribution in [1.82, 2.24) is 4.90 Å². The molecule has 4 nitrogen and oxygen atoms in total. The standard InChI is InChI=1S/C14H17NO3/c1-10(11-5-3-2-4-6-11)15-8-7-13(16)12(9-15)14(17)18/h2-6,10,12H,7-9H2,1H3,(H,17,18)/t10-,12?/m0/s1. The monoisotopic (exact) mass is 247 g/mol. The van der Waals surface area contributed by atoms with Crippen molar-refractivity contribution < 1.29 is 14.7 Å². The van der Waals surface area contributed by atoms with Crippen LogP contribution in [-0.2, 0) is 9.59 Å². The third-order valence-electron chi connectivity index (χ3n) is 3.58. The average Bonchev–Trinajstić information content (AvgIpc) is 2.39. The van der Waals surface area contributed by atoms with E-state index >= 15 is 0 Å². The van der Waals surface area contributed by atoms with Gasteiger partial charge in [-0.3, -0.25) is 14.5 Å². The normalized spacial score (nSPS) is 22.7. The Hall–Kier alpha value is -1.68. The summed E-state index contributed by atoms with van der Waals surface area (Å²) < 4.78 is 0. The van der Waals surface area contributed by atoms with Crippen molar-refractivity contribution in [3.8, 4) is 0 Å². The highest BCUT2D eigenvalue weighted by Crippen LogP contribution is 2.25. The molecule has 1 heterocycles. The van der Waals surface area contributed by atoms with E-state index in [1.807, 2.05) is 37.3 Å². The Morgan fingerprint density at radius 1 is 1.39 bits per heavy atom. The second-order valence-corrected chi connectivity index (χ2v) is 4.69. The lowest BCUT2D eigenvalue weighted by Gasteiger charge is -2.34. The topological polar surface area (TPSA) is 57.6 Å². The second-order valence-electron chi connectivity index (χ2n) is 4.69. The van der Waals surface area contributed by atoms with E-state index in [1.165, 1.54) is 0 Å². The van der Waals surface area contributed by atoms with Gasteiger partial charge in [0.25, 0.3) is 0 Å². The molecule has 0 radical (unpaired) electrons. The number of benzene rings is 1. The zero-order valence-corrected chi connectivity index (χ0v) is 10.4. The quantitative estimate of drug-likeness (QED) is 0.826. The van der Waals surface area contributed by atoms with Crippen LogP contribution >= 0.6 is 0 Å². The van der Waals surface area contributed by atoms with Gasteiger partial charge in [0.15, 0.2) is 0 Å². The van der Waals surface area contributed by atoms with Crippen LogP contribution in [0.2, 0.25) is 0 Å². The van der Waals surface area contributed by atoms with Gasteiger partial charge in [-0.1, -0.05) is 30.3 Å². The van der Waals surface area contributed by atoms with E-state index in [4.69, 9.17) is 5.11 Å². The zero-order valence-electron chi connectivity index (χ0n) is 10.4. The first kappa shape index (κ1) is 12.8. The van der Waals surface area contributed by atoms with Crippen LogP contribution in [0.15, 0.2) is 30.3 Å². The lowest BCUT2D eigenvalue weighted by Crippen LogP contribution is -2.45. The first-order valence-corrected chi connectivity index (χ1v) is 6.14. The van der Waals surface area contributed by atoms with Crippen LogP contribution in [0.4, 0.5) is 0 Å². The van der Waals surface area contributed by atoms with Gasteiger partial charge in [0, 0.05) is 25.6 Å². The van der Waals surface area contributed by atoms with Crippen molar-refractivity contribution in [2.24, 2.45) is 5.92 Å². The first-order valence-electron chi connectivity index (χ1n) is 6.14. The molecule has 0 spiro atoms. The lowest BCUT2D eigenvalue weighted by atomic mass is 9.94. The fourth-order valence-electron chi connectivity index (χ4n) is 2.37. The maximum atomic E-state index is 11.5. The SMILES string of the molecule is C[C@@H](c1ccccc1)N1CCC(=O)C(C(=O)O)C1. The van der Waals surface area contributed by atoms with Gasteiger partial charge in [-0.05, 0) is 12.5 Å². The summed E-state index contributed by atoms with van der Waals surface area (Å²) in [7, 11) is 0. The summed E-state index contributed by atoms with van der Waals surface area (Å²) in [6.07, 6.45) is 0.328. The van der Waals surface area contributed by atoms with Crippen LogP contribution in [0.3, 0.4) is 0 Å². The molecule has 0 amide bonds. The molecule has 1 unspecified atom stereocenters. The Labute approximate surface area is 106 Å². The molecule has 1 aromatic carbocycles. The number of carbonyl (C=O) groups is 2. The number of likely N-dealkylation sites (tertiary alicyclic amines) is 1. The summed E-state index contributed by atoms with van der Waals surface area (Å²) in [5, 5.41) is 9.03. The highest BCUT2D eigenvalue weighted by molar-refractivity contribution is 5.99. The molecule has 2 atom stereocenters. The molecule has 1 aliphatic rings. The number of hydrogen-bond donors (Lipinski definition) is 1. The number of carbonyl (C=O) groups excluding carboxylic acids is 1. The smallest absolute Gasteiger partial charge is 0.315 e. The molecule has 0 aliphatic carbocycles. The predicted molar refractivity (Wildman–Crippen MR) is 67.2 cm³/mol. The van der Waals surface area contributed by atoms with Gasteiger partial charge in [-0.25, -0.2) is 0 Å². The minimum Gasteiger partial charge on any atom is -0.481 e. The number of carboxylic acid groups (broad SMARTS) is 1. The maximum absolute atomic E-state index is 11.5. The van der Waals surface area contributed by atoms with Crippen LogP contribution in [0, 0.1) is 5.92 Å². The molecule has 4 heteroatoms. The molecule has 0 bridgehead atoms. The molecule has 0 saturated carbocycles. The molecule has 96 valence electrons. The summed E-state index contributed by atoms with van der Waals surface area (Å²) in [6.45, 7) is 2.99. The number of carboxylic acids is 1. The molecular formula is C14H17NO3. The molecule has 0 aromatic heterocycles.